The molecular formula is C24H24N4O2S2. The van der Waals surface area contributed by atoms with E-state index in [1.807, 2.05) is 54.7 Å². The smallest absolute Gasteiger partial charge is 0.242 e. The zero-order valence-electron chi connectivity index (χ0n) is 18.1. The third-order valence-corrected chi connectivity index (χ3v) is 7.74. The van der Waals surface area contributed by atoms with Gasteiger partial charge in [0.2, 0.25) is 10.0 Å². The van der Waals surface area contributed by atoms with Crippen molar-refractivity contribution < 1.29 is 8.42 Å². The summed E-state index contributed by atoms with van der Waals surface area (Å²) in [5.74, 6) is 0. The highest BCUT2D eigenvalue weighted by Gasteiger charge is 2.17. The molecule has 2 aromatic heterocycles. The summed E-state index contributed by atoms with van der Waals surface area (Å²) in [6.07, 6.45) is 3.60. The molecule has 0 spiro atoms. The van der Waals surface area contributed by atoms with Gasteiger partial charge in [0.05, 0.1) is 22.8 Å². The molecule has 0 fully saturated rings. The van der Waals surface area contributed by atoms with E-state index in [1.165, 1.54) is 24.0 Å². The van der Waals surface area contributed by atoms with Crippen molar-refractivity contribution >= 4 is 27.0 Å². The van der Waals surface area contributed by atoms with Gasteiger partial charge in [0.1, 0.15) is 0 Å². The van der Waals surface area contributed by atoms with Crippen molar-refractivity contribution in [2.24, 2.45) is 4.99 Å². The number of pyridine rings is 1. The molecule has 0 aliphatic heterocycles. The number of hydrogen-bond acceptors (Lipinski definition) is 5. The fraction of sp³-hybridized carbons (Fsp3) is 0.167. The summed E-state index contributed by atoms with van der Waals surface area (Å²) in [5.41, 5.74) is 5.03. The molecule has 0 aliphatic rings. The van der Waals surface area contributed by atoms with Crippen LogP contribution in [0.2, 0.25) is 0 Å². The minimum Gasteiger partial charge on any atom is -0.312 e. The first-order valence-electron chi connectivity index (χ1n) is 10.1. The minimum absolute atomic E-state index is 0.268. The first-order valence-corrected chi connectivity index (χ1v) is 12.4. The van der Waals surface area contributed by atoms with Crippen molar-refractivity contribution in [3.63, 3.8) is 0 Å². The number of benzene rings is 2. The lowest BCUT2D eigenvalue weighted by Crippen LogP contribution is -2.22. The molecule has 0 N–H and O–H groups in total. The van der Waals surface area contributed by atoms with Gasteiger partial charge in [-0.05, 0) is 48.4 Å². The standard InChI is InChI=1S/C24H24N4O2S2/c1-18-6-10-21(11-7-18)26-24-28(16-19-5-4-14-25-15-19)23(17-31-24)20-8-12-22(13-9-20)32(29,30)27(2)3/h4-15,17H,16H2,1-3H3. The molecule has 0 saturated carbocycles. The fourth-order valence-electron chi connectivity index (χ4n) is 3.21. The molecule has 0 saturated heterocycles. The van der Waals surface area contributed by atoms with E-state index in [9.17, 15) is 8.42 Å². The molecule has 0 amide bonds. The highest BCUT2D eigenvalue weighted by atomic mass is 32.2. The molecule has 4 rings (SSSR count). The summed E-state index contributed by atoms with van der Waals surface area (Å²) < 4.78 is 28.2. The molecule has 0 bridgehead atoms. The average Bonchev–Trinajstić information content (AvgIpc) is 3.18. The maximum Gasteiger partial charge on any atom is 0.242 e. The molecule has 0 atom stereocenters. The summed E-state index contributed by atoms with van der Waals surface area (Å²) in [6.45, 7) is 2.66. The predicted octanol–water partition coefficient (Wildman–Crippen LogP) is 4.45. The van der Waals surface area contributed by atoms with Gasteiger partial charge in [-0.2, -0.15) is 0 Å². The molecule has 164 valence electrons. The highest BCUT2D eigenvalue weighted by molar-refractivity contribution is 7.89. The Morgan fingerprint density at radius 1 is 1.03 bits per heavy atom. The topological polar surface area (TPSA) is 67.6 Å². The van der Waals surface area contributed by atoms with E-state index in [0.717, 1.165) is 27.3 Å². The predicted molar refractivity (Wildman–Crippen MR) is 128 cm³/mol. The normalized spacial score (nSPS) is 12.4. The van der Waals surface area contributed by atoms with Gasteiger partial charge in [-0.3, -0.25) is 4.98 Å². The van der Waals surface area contributed by atoms with E-state index in [-0.39, 0.29) is 4.90 Å². The van der Waals surface area contributed by atoms with Crippen LogP contribution >= 0.6 is 11.3 Å². The molecule has 2 aromatic carbocycles. The zero-order chi connectivity index (χ0) is 22.7. The summed E-state index contributed by atoms with van der Waals surface area (Å²) in [6, 6.07) is 19.0. The van der Waals surface area contributed by atoms with Crippen LogP contribution in [0.15, 0.2) is 88.3 Å². The van der Waals surface area contributed by atoms with Gasteiger partial charge in [-0.1, -0.05) is 35.9 Å². The Morgan fingerprint density at radius 2 is 1.75 bits per heavy atom. The number of nitrogens with zero attached hydrogens (tertiary/aromatic N) is 4. The number of rotatable bonds is 6. The average molecular weight is 465 g/mol. The van der Waals surface area contributed by atoms with E-state index >= 15 is 0 Å². The largest absolute Gasteiger partial charge is 0.312 e. The Bertz CT molecular complexity index is 1370. The Kier molecular flexibility index (Phi) is 6.36. The summed E-state index contributed by atoms with van der Waals surface area (Å²) in [5, 5.41) is 2.05. The SMILES string of the molecule is Cc1ccc(N=c2scc(-c3ccc(S(=O)(=O)N(C)C)cc3)n2Cc2cccnc2)cc1. The van der Waals surface area contributed by atoms with Gasteiger partial charge in [-0.25, -0.2) is 17.7 Å². The fourth-order valence-corrected chi connectivity index (χ4v) is 5.04. The lowest BCUT2D eigenvalue weighted by molar-refractivity contribution is 0.521. The van der Waals surface area contributed by atoms with Crippen molar-refractivity contribution in [3.05, 3.63) is 94.4 Å². The Balaban J connectivity index is 1.80. The minimum atomic E-state index is -3.47. The second-order valence-corrected chi connectivity index (χ2v) is 10.6. The monoisotopic (exact) mass is 464 g/mol. The van der Waals surface area contributed by atoms with Crippen LogP contribution in [0.4, 0.5) is 5.69 Å². The maximum atomic E-state index is 12.4. The first kappa shape index (κ1) is 22.1. The Hall–Kier alpha value is -3.07. The van der Waals surface area contributed by atoms with Gasteiger partial charge in [0.15, 0.2) is 4.80 Å². The van der Waals surface area contributed by atoms with Crippen LogP contribution < -0.4 is 4.80 Å². The molecule has 0 unspecified atom stereocenters. The van der Waals surface area contributed by atoms with Crippen LogP contribution in [0.25, 0.3) is 11.3 Å². The van der Waals surface area contributed by atoms with Crippen LogP contribution in [0.1, 0.15) is 11.1 Å². The van der Waals surface area contributed by atoms with E-state index in [4.69, 9.17) is 4.99 Å². The van der Waals surface area contributed by atoms with Crippen LogP contribution in [0, 0.1) is 6.92 Å². The van der Waals surface area contributed by atoms with E-state index in [0.29, 0.717) is 6.54 Å². The van der Waals surface area contributed by atoms with E-state index in [1.54, 1.807) is 29.7 Å². The molecule has 8 heteroatoms. The molecule has 0 radical (unpaired) electrons. The van der Waals surface area contributed by atoms with Crippen molar-refractivity contribution in [3.8, 4) is 11.3 Å². The quantitative estimate of drug-likeness (QED) is 0.423. The molecule has 4 aromatic rings. The van der Waals surface area contributed by atoms with Crippen molar-refractivity contribution in [1.29, 1.82) is 0 Å². The van der Waals surface area contributed by atoms with Crippen molar-refractivity contribution in [1.82, 2.24) is 13.9 Å². The van der Waals surface area contributed by atoms with E-state index < -0.39 is 10.0 Å². The van der Waals surface area contributed by atoms with Gasteiger partial charge < -0.3 is 4.57 Å². The molecule has 6 nitrogen and oxygen atoms in total. The summed E-state index contributed by atoms with van der Waals surface area (Å²) >= 11 is 1.55. The maximum absolute atomic E-state index is 12.4. The lowest BCUT2D eigenvalue weighted by atomic mass is 10.1. The third kappa shape index (κ3) is 4.72. The number of sulfonamides is 1. The Morgan fingerprint density at radius 3 is 2.38 bits per heavy atom. The highest BCUT2D eigenvalue weighted by Crippen LogP contribution is 2.24. The van der Waals surface area contributed by atoms with Crippen LogP contribution in [-0.4, -0.2) is 36.4 Å². The summed E-state index contributed by atoms with van der Waals surface area (Å²) in [4.78, 5) is 10.2. The van der Waals surface area contributed by atoms with Gasteiger partial charge in [0.25, 0.3) is 0 Å². The number of thiazole rings is 1. The van der Waals surface area contributed by atoms with E-state index in [2.05, 4.69) is 21.9 Å². The van der Waals surface area contributed by atoms with Gasteiger partial charge in [0, 0.05) is 31.9 Å². The zero-order valence-corrected chi connectivity index (χ0v) is 19.8. The van der Waals surface area contributed by atoms with Crippen LogP contribution in [-0.2, 0) is 16.6 Å². The molecule has 32 heavy (non-hydrogen) atoms. The van der Waals surface area contributed by atoms with Crippen LogP contribution in [0.5, 0.6) is 0 Å². The second-order valence-electron chi connectivity index (χ2n) is 7.61. The Labute approximate surface area is 192 Å². The number of aromatic nitrogens is 2. The lowest BCUT2D eigenvalue weighted by Gasteiger charge is -2.13. The van der Waals surface area contributed by atoms with Crippen molar-refractivity contribution in [2.75, 3.05) is 14.1 Å². The van der Waals surface area contributed by atoms with Crippen molar-refractivity contribution in [2.45, 2.75) is 18.4 Å². The number of aryl methyl sites for hydroxylation is 1. The first-order chi connectivity index (χ1) is 15.3. The number of hydrogen-bond donors (Lipinski definition) is 0. The third-order valence-electron chi connectivity index (χ3n) is 5.05. The summed E-state index contributed by atoms with van der Waals surface area (Å²) in [7, 11) is -0.410. The molecule has 2 heterocycles. The second kappa shape index (κ2) is 9.20. The van der Waals surface area contributed by atoms with Crippen LogP contribution in [0.3, 0.4) is 0 Å². The molecular weight excluding hydrogens is 440 g/mol. The molecule has 0 aliphatic carbocycles. The van der Waals surface area contributed by atoms with Gasteiger partial charge >= 0.3 is 0 Å². The van der Waals surface area contributed by atoms with Gasteiger partial charge in [-0.15, -0.1) is 11.3 Å².